The Hall–Kier alpha value is -2.93. The highest BCUT2D eigenvalue weighted by Crippen LogP contribution is 2.41. The van der Waals surface area contributed by atoms with Crippen molar-refractivity contribution in [3.05, 3.63) is 60.3 Å². The highest BCUT2D eigenvalue weighted by molar-refractivity contribution is 7.89. The highest BCUT2D eigenvalue weighted by atomic mass is 32.2. The molecule has 0 aliphatic rings. The number of benzene rings is 2. The van der Waals surface area contributed by atoms with Crippen molar-refractivity contribution in [1.29, 1.82) is 0 Å². The molecule has 0 spiro atoms. The minimum atomic E-state index is -3.55. The summed E-state index contributed by atoms with van der Waals surface area (Å²) in [7, 11) is 1.03. The SMILES string of the molecule is C=C(c1cc(OC)c(OC)c(OC)c1)c1cc2ccccc2n1S(C)(=O)=O. The molecule has 0 saturated carbocycles. The third kappa shape index (κ3) is 3.26. The molecule has 27 heavy (non-hydrogen) atoms. The fraction of sp³-hybridized carbons (Fsp3) is 0.200. The van der Waals surface area contributed by atoms with Crippen molar-refractivity contribution in [2.45, 2.75) is 0 Å². The molecule has 1 heterocycles. The van der Waals surface area contributed by atoms with Crippen molar-refractivity contribution >= 4 is 26.5 Å². The van der Waals surface area contributed by atoms with Gasteiger partial charge in [-0.15, -0.1) is 0 Å². The Morgan fingerprint density at radius 2 is 1.56 bits per heavy atom. The monoisotopic (exact) mass is 387 g/mol. The normalized spacial score (nSPS) is 11.4. The minimum absolute atomic E-state index is 0.459. The summed E-state index contributed by atoms with van der Waals surface area (Å²) in [5.74, 6) is 1.39. The topological polar surface area (TPSA) is 66.8 Å². The fourth-order valence-electron chi connectivity index (χ4n) is 3.10. The summed E-state index contributed by atoms with van der Waals surface area (Å²) >= 11 is 0. The lowest BCUT2D eigenvalue weighted by atomic mass is 10.0. The van der Waals surface area contributed by atoms with Gasteiger partial charge in [0, 0.05) is 5.39 Å². The van der Waals surface area contributed by atoms with E-state index < -0.39 is 10.0 Å². The third-order valence-electron chi connectivity index (χ3n) is 4.32. The largest absolute Gasteiger partial charge is 0.493 e. The predicted molar refractivity (Wildman–Crippen MR) is 106 cm³/mol. The van der Waals surface area contributed by atoms with Crippen LogP contribution in [0.15, 0.2) is 49.0 Å². The first kappa shape index (κ1) is 18.8. The van der Waals surface area contributed by atoms with Gasteiger partial charge in [-0.1, -0.05) is 24.8 Å². The maximum atomic E-state index is 12.5. The van der Waals surface area contributed by atoms with Crippen molar-refractivity contribution in [3.8, 4) is 17.2 Å². The van der Waals surface area contributed by atoms with E-state index in [1.165, 1.54) is 31.6 Å². The van der Waals surface area contributed by atoms with Gasteiger partial charge < -0.3 is 14.2 Å². The van der Waals surface area contributed by atoms with Crippen LogP contribution in [0.25, 0.3) is 16.5 Å². The molecule has 0 N–H and O–H groups in total. The van der Waals surface area contributed by atoms with Gasteiger partial charge in [0.1, 0.15) is 0 Å². The summed E-state index contributed by atoms with van der Waals surface area (Å²) in [5, 5.41) is 0.812. The van der Waals surface area contributed by atoms with Crippen molar-refractivity contribution in [2.24, 2.45) is 0 Å². The molecule has 0 fully saturated rings. The van der Waals surface area contributed by atoms with Gasteiger partial charge in [0.25, 0.3) is 0 Å². The number of nitrogens with zero attached hydrogens (tertiary/aromatic N) is 1. The first-order chi connectivity index (χ1) is 12.8. The molecule has 0 saturated heterocycles. The van der Waals surface area contributed by atoms with Crippen LogP contribution in [0.4, 0.5) is 0 Å². The predicted octanol–water partition coefficient (Wildman–Crippen LogP) is 3.54. The Balaban J connectivity index is 2.26. The van der Waals surface area contributed by atoms with Gasteiger partial charge in [0.15, 0.2) is 11.5 Å². The van der Waals surface area contributed by atoms with Crippen molar-refractivity contribution < 1.29 is 22.6 Å². The number of ether oxygens (including phenoxy) is 3. The van der Waals surface area contributed by atoms with E-state index in [0.29, 0.717) is 39.6 Å². The van der Waals surface area contributed by atoms with Crippen LogP contribution in [0.5, 0.6) is 17.2 Å². The summed E-state index contributed by atoms with van der Waals surface area (Å²) in [6.07, 6.45) is 1.17. The lowest BCUT2D eigenvalue weighted by molar-refractivity contribution is 0.324. The van der Waals surface area contributed by atoms with Gasteiger partial charge >= 0.3 is 0 Å². The van der Waals surface area contributed by atoms with Gasteiger partial charge in [-0.25, -0.2) is 12.4 Å². The molecule has 142 valence electrons. The standard InChI is InChI=1S/C20H21NO5S/c1-13(15-11-18(24-2)20(26-4)19(12-15)25-3)17-10-14-8-6-7-9-16(14)21(17)27(5,22)23/h6-12H,1H2,2-5H3. The summed E-state index contributed by atoms with van der Waals surface area (Å²) in [6.45, 7) is 4.13. The second-order valence-corrected chi connectivity index (χ2v) is 7.84. The fourth-order valence-corrected chi connectivity index (χ4v) is 4.14. The van der Waals surface area contributed by atoms with Crippen LogP contribution in [0.1, 0.15) is 11.3 Å². The number of para-hydroxylation sites is 1. The summed E-state index contributed by atoms with van der Waals surface area (Å²) in [5.41, 5.74) is 2.27. The number of fused-ring (bicyclic) bond motifs is 1. The number of rotatable bonds is 6. The van der Waals surface area contributed by atoms with Gasteiger partial charge in [-0.3, -0.25) is 0 Å². The van der Waals surface area contributed by atoms with Crippen LogP contribution in [0.2, 0.25) is 0 Å². The summed E-state index contributed by atoms with van der Waals surface area (Å²) in [4.78, 5) is 0. The van der Waals surface area contributed by atoms with E-state index in [0.717, 1.165) is 5.39 Å². The van der Waals surface area contributed by atoms with E-state index in [9.17, 15) is 8.42 Å². The zero-order chi connectivity index (χ0) is 19.8. The van der Waals surface area contributed by atoms with Crippen LogP contribution in [-0.2, 0) is 10.0 Å². The maximum absolute atomic E-state index is 12.5. The van der Waals surface area contributed by atoms with Gasteiger partial charge in [-0.2, -0.15) is 0 Å². The Morgan fingerprint density at radius 1 is 0.963 bits per heavy atom. The Bertz CT molecular complexity index is 1100. The van der Waals surface area contributed by atoms with E-state index >= 15 is 0 Å². The molecule has 0 amide bonds. The Labute approximate surface area is 158 Å². The van der Waals surface area contributed by atoms with E-state index in [1.807, 2.05) is 18.2 Å². The molecule has 2 aromatic carbocycles. The van der Waals surface area contributed by atoms with Crippen molar-refractivity contribution in [1.82, 2.24) is 3.97 Å². The van der Waals surface area contributed by atoms with Gasteiger partial charge in [0.05, 0.1) is 38.8 Å². The molecule has 3 rings (SSSR count). The molecule has 0 bridgehead atoms. The Kier molecular flexibility index (Phi) is 4.89. The lowest BCUT2D eigenvalue weighted by Gasteiger charge is -2.16. The minimum Gasteiger partial charge on any atom is -0.493 e. The molecule has 7 heteroatoms. The number of hydrogen-bond donors (Lipinski definition) is 0. The molecule has 6 nitrogen and oxygen atoms in total. The van der Waals surface area contributed by atoms with Crippen LogP contribution >= 0.6 is 0 Å². The smallest absolute Gasteiger partial charge is 0.236 e. The first-order valence-corrected chi connectivity index (χ1v) is 9.97. The molecular formula is C20H21NO5S. The second-order valence-electron chi connectivity index (χ2n) is 6.01. The molecule has 1 aromatic heterocycles. The highest BCUT2D eigenvalue weighted by Gasteiger charge is 2.21. The number of hydrogen-bond acceptors (Lipinski definition) is 5. The van der Waals surface area contributed by atoms with E-state index in [1.54, 1.807) is 24.3 Å². The van der Waals surface area contributed by atoms with Crippen LogP contribution in [-0.4, -0.2) is 40.0 Å². The van der Waals surface area contributed by atoms with Crippen LogP contribution < -0.4 is 14.2 Å². The molecule has 0 unspecified atom stereocenters. The van der Waals surface area contributed by atoms with Crippen LogP contribution in [0, 0.1) is 0 Å². The molecule has 0 atom stereocenters. The Morgan fingerprint density at radius 3 is 2.07 bits per heavy atom. The van der Waals surface area contributed by atoms with Crippen molar-refractivity contribution in [3.63, 3.8) is 0 Å². The van der Waals surface area contributed by atoms with E-state index in [2.05, 4.69) is 6.58 Å². The first-order valence-electron chi connectivity index (χ1n) is 8.12. The number of methoxy groups -OCH3 is 3. The lowest BCUT2D eigenvalue weighted by Crippen LogP contribution is -2.13. The van der Waals surface area contributed by atoms with Crippen LogP contribution in [0.3, 0.4) is 0 Å². The molecular weight excluding hydrogens is 366 g/mol. The zero-order valence-electron chi connectivity index (χ0n) is 15.6. The molecule has 0 aliphatic carbocycles. The van der Waals surface area contributed by atoms with Gasteiger partial charge in [-0.05, 0) is 35.4 Å². The van der Waals surface area contributed by atoms with E-state index in [4.69, 9.17) is 14.2 Å². The zero-order valence-corrected chi connectivity index (χ0v) is 16.5. The third-order valence-corrected chi connectivity index (χ3v) is 5.38. The average Bonchev–Trinajstić information content (AvgIpc) is 3.05. The maximum Gasteiger partial charge on any atom is 0.236 e. The second kappa shape index (κ2) is 7.00. The average molecular weight is 387 g/mol. The van der Waals surface area contributed by atoms with Crippen molar-refractivity contribution in [2.75, 3.05) is 27.6 Å². The molecule has 0 radical (unpaired) electrons. The summed E-state index contributed by atoms with van der Waals surface area (Å²) in [6, 6.07) is 12.6. The quantitative estimate of drug-likeness (QED) is 0.647. The van der Waals surface area contributed by atoms with Gasteiger partial charge in [0.2, 0.25) is 15.8 Å². The molecule has 3 aromatic rings. The molecule has 0 aliphatic heterocycles. The number of aromatic nitrogens is 1. The van der Waals surface area contributed by atoms with E-state index in [-0.39, 0.29) is 0 Å². The summed E-state index contributed by atoms with van der Waals surface area (Å²) < 4.78 is 42.4.